The zero-order valence-corrected chi connectivity index (χ0v) is 8.54. The Morgan fingerprint density at radius 3 is 2.93 bits per heavy atom. The molecule has 0 amide bonds. The number of nitrogens with zero attached hydrogens (tertiary/aromatic N) is 2. The molecule has 1 unspecified atom stereocenters. The molecular formula is C10H15FN4. The van der Waals surface area contributed by atoms with Gasteiger partial charge in [0.05, 0.1) is 12.4 Å². The summed E-state index contributed by atoms with van der Waals surface area (Å²) in [5.74, 6) is 0.0902. The largest absolute Gasteiger partial charge is 0.354 e. The molecule has 1 aromatic heterocycles. The maximum Gasteiger partial charge on any atom is 0.222 e. The molecule has 0 aromatic carbocycles. The van der Waals surface area contributed by atoms with Crippen LogP contribution in [0.25, 0.3) is 0 Å². The minimum atomic E-state index is -0.405. The van der Waals surface area contributed by atoms with Crippen molar-refractivity contribution in [1.29, 1.82) is 0 Å². The van der Waals surface area contributed by atoms with Gasteiger partial charge in [-0.3, -0.25) is 0 Å². The molecule has 1 aliphatic rings. The molecule has 1 fully saturated rings. The molecule has 4 nitrogen and oxygen atoms in total. The first-order valence-corrected chi connectivity index (χ1v) is 5.29. The fraction of sp³-hybridized carbons (Fsp3) is 0.600. The number of halogens is 1. The first kappa shape index (κ1) is 10.3. The molecule has 82 valence electrons. The van der Waals surface area contributed by atoms with Crippen LogP contribution < -0.4 is 10.6 Å². The minimum Gasteiger partial charge on any atom is -0.354 e. The number of aromatic nitrogens is 2. The number of hydrogen-bond donors (Lipinski definition) is 2. The number of hydrogen-bond acceptors (Lipinski definition) is 4. The Morgan fingerprint density at radius 2 is 2.27 bits per heavy atom. The molecular weight excluding hydrogens is 195 g/mol. The summed E-state index contributed by atoms with van der Waals surface area (Å²) in [4.78, 5) is 7.65. The van der Waals surface area contributed by atoms with Gasteiger partial charge in [0, 0.05) is 12.6 Å². The summed E-state index contributed by atoms with van der Waals surface area (Å²) in [5, 5.41) is 6.48. The van der Waals surface area contributed by atoms with E-state index in [9.17, 15) is 4.39 Å². The molecule has 2 heterocycles. The quantitative estimate of drug-likeness (QED) is 0.783. The van der Waals surface area contributed by atoms with E-state index in [1.54, 1.807) is 0 Å². The first-order valence-electron chi connectivity index (χ1n) is 5.29. The molecule has 15 heavy (non-hydrogen) atoms. The van der Waals surface area contributed by atoms with Gasteiger partial charge in [0.1, 0.15) is 0 Å². The molecule has 5 heteroatoms. The fourth-order valence-corrected chi connectivity index (χ4v) is 1.76. The molecule has 0 saturated carbocycles. The Bertz CT molecular complexity index is 295. The average Bonchev–Trinajstić information content (AvgIpc) is 2.74. The minimum absolute atomic E-state index is 0.405. The van der Waals surface area contributed by atoms with Crippen molar-refractivity contribution in [2.24, 2.45) is 0 Å². The zero-order chi connectivity index (χ0) is 10.5. The van der Waals surface area contributed by atoms with E-state index in [2.05, 4.69) is 20.6 Å². The van der Waals surface area contributed by atoms with Gasteiger partial charge in [-0.15, -0.1) is 0 Å². The van der Waals surface area contributed by atoms with E-state index >= 15 is 0 Å². The van der Waals surface area contributed by atoms with Crippen LogP contribution in [0.3, 0.4) is 0 Å². The summed E-state index contributed by atoms with van der Waals surface area (Å²) < 4.78 is 12.5. The highest BCUT2D eigenvalue weighted by atomic mass is 19.1. The maximum atomic E-state index is 12.5. The van der Waals surface area contributed by atoms with Gasteiger partial charge >= 0.3 is 0 Å². The second-order valence-electron chi connectivity index (χ2n) is 3.73. The summed E-state index contributed by atoms with van der Waals surface area (Å²) >= 11 is 0. The number of nitrogens with one attached hydrogen (secondary N) is 2. The van der Waals surface area contributed by atoms with Gasteiger partial charge in [-0.2, -0.15) is 0 Å². The lowest BCUT2D eigenvalue weighted by Gasteiger charge is -2.10. The summed E-state index contributed by atoms with van der Waals surface area (Å²) in [7, 11) is 0. The molecule has 0 radical (unpaired) electrons. The molecule has 1 aromatic rings. The molecule has 1 aliphatic heterocycles. The Labute approximate surface area is 88.3 Å². The van der Waals surface area contributed by atoms with Crippen LogP contribution in [0.15, 0.2) is 12.4 Å². The third kappa shape index (κ3) is 3.13. The van der Waals surface area contributed by atoms with Crippen LogP contribution in [0.1, 0.15) is 19.3 Å². The van der Waals surface area contributed by atoms with E-state index < -0.39 is 5.82 Å². The van der Waals surface area contributed by atoms with Crippen molar-refractivity contribution < 1.29 is 4.39 Å². The molecule has 0 bridgehead atoms. The van der Waals surface area contributed by atoms with Crippen molar-refractivity contribution in [3.8, 4) is 0 Å². The lowest BCUT2D eigenvalue weighted by molar-refractivity contribution is 0.573. The number of rotatable bonds is 4. The molecule has 1 saturated heterocycles. The van der Waals surface area contributed by atoms with Crippen LogP contribution in [-0.4, -0.2) is 29.1 Å². The second kappa shape index (κ2) is 5.02. The fourth-order valence-electron chi connectivity index (χ4n) is 1.76. The monoisotopic (exact) mass is 210 g/mol. The number of anilines is 1. The lowest BCUT2D eigenvalue weighted by atomic mass is 10.1. The standard InChI is InChI=1S/C10H15FN4/c11-8-6-14-10(15-7-8)13-5-3-9-2-1-4-12-9/h6-7,9,12H,1-5H2,(H,13,14,15). The molecule has 0 aliphatic carbocycles. The SMILES string of the molecule is Fc1cnc(NCCC2CCCN2)nc1. The molecule has 2 rings (SSSR count). The van der Waals surface area contributed by atoms with Crippen molar-refractivity contribution in [1.82, 2.24) is 15.3 Å². The van der Waals surface area contributed by atoms with Gasteiger partial charge in [0.2, 0.25) is 5.95 Å². The van der Waals surface area contributed by atoms with Crippen LogP contribution in [0.2, 0.25) is 0 Å². The highest BCUT2D eigenvalue weighted by Crippen LogP contribution is 2.08. The van der Waals surface area contributed by atoms with Gasteiger partial charge in [-0.25, -0.2) is 14.4 Å². The molecule has 0 spiro atoms. The summed E-state index contributed by atoms with van der Waals surface area (Å²) in [6.45, 7) is 1.95. The maximum absolute atomic E-state index is 12.5. The van der Waals surface area contributed by atoms with Crippen LogP contribution in [0.5, 0.6) is 0 Å². The van der Waals surface area contributed by atoms with E-state index in [4.69, 9.17) is 0 Å². The average molecular weight is 210 g/mol. The van der Waals surface area contributed by atoms with E-state index in [1.165, 1.54) is 25.2 Å². The van der Waals surface area contributed by atoms with Crippen molar-refractivity contribution in [3.63, 3.8) is 0 Å². The topological polar surface area (TPSA) is 49.8 Å². The van der Waals surface area contributed by atoms with E-state index in [-0.39, 0.29) is 0 Å². The predicted molar refractivity (Wildman–Crippen MR) is 56.1 cm³/mol. The van der Waals surface area contributed by atoms with E-state index in [0.717, 1.165) is 19.5 Å². The van der Waals surface area contributed by atoms with Crippen LogP contribution in [0, 0.1) is 5.82 Å². The lowest BCUT2D eigenvalue weighted by Crippen LogP contribution is -2.24. The Hall–Kier alpha value is -1.23. The van der Waals surface area contributed by atoms with E-state index in [0.29, 0.717) is 12.0 Å². The summed E-state index contributed by atoms with van der Waals surface area (Å²) in [6.07, 6.45) is 5.90. The second-order valence-corrected chi connectivity index (χ2v) is 3.73. The summed E-state index contributed by atoms with van der Waals surface area (Å²) in [5.41, 5.74) is 0. The Morgan fingerprint density at radius 1 is 1.47 bits per heavy atom. The van der Waals surface area contributed by atoms with Gasteiger partial charge in [0.15, 0.2) is 5.82 Å². The van der Waals surface area contributed by atoms with Crippen molar-refractivity contribution in [3.05, 3.63) is 18.2 Å². The normalized spacial score (nSPS) is 20.5. The van der Waals surface area contributed by atoms with E-state index in [1.807, 2.05) is 0 Å². The van der Waals surface area contributed by atoms with Gasteiger partial charge < -0.3 is 10.6 Å². The Kier molecular flexibility index (Phi) is 3.45. The Balaban J connectivity index is 1.71. The molecule has 2 N–H and O–H groups in total. The first-order chi connectivity index (χ1) is 7.34. The highest BCUT2D eigenvalue weighted by molar-refractivity contribution is 5.22. The van der Waals surface area contributed by atoms with Gasteiger partial charge in [-0.1, -0.05) is 0 Å². The third-order valence-electron chi connectivity index (χ3n) is 2.56. The third-order valence-corrected chi connectivity index (χ3v) is 2.56. The smallest absolute Gasteiger partial charge is 0.222 e. The summed E-state index contributed by atoms with van der Waals surface area (Å²) in [6, 6.07) is 0.609. The van der Waals surface area contributed by atoms with Crippen LogP contribution >= 0.6 is 0 Å². The van der Waals surface area contributed by atoms with Gasteiger partial charge in [0.25, 0.3) is 0 Å². The van der Waals surface area contributed by atoms with Crippen LogP contribution in [-0.2, 0) is 0 Å². The van der Waals surface area contributed by atoms with Gasteiger partial charge in [-0.05, 0) is 25.8 Å². The zero-order valence-electron chi connectivity index (χ0n) is 8.54. The molecule has 1 atom stereocenters. The highest BCUT2D eigenvalue weighted by Gasteiger charge is 2.12. The predicted octanol–water partition coefficient (Wildman–Crippen LogP) is 1.17. The van der Waals surface area contributed by atoms with Crippen molar-refractivity contribution in [2.75, 3.05) is 18.4 Å². The van der Waals surface area contributed by atoms with Crippen molar-refractivity contribution in [2.45, 2.75) is 25.3 Å². The van der Waals surface area contributed by atoms with Crippen molar-refractivity contribution >= 4 is 5.95 Å². The van der Waals surface area contributed by atoms with Crippen LogP contribution in [0.4, 0.5) is 10.3 Å².